The summed E-state index contributed by atoms with van der Waals surface area (Å²) >= 11 is 0.783. The molecule has 4 aromatic rings. The van der Waals surface area contributed by atoms with Gasteiger partial charge >= 0.3 is 12.4 Å². The van der Waals surface area contributed by atoms with Gasteiger partial charge in [-0.15, -0.1) is 0 Å². The first-order valence-corrected chi connectivity index (χ1v) is 17.2. The predicted molar refractivity (Wildman–Crippen MR) is 188 cm³/mol. The number of nitro groups is 2. The summed E-state index contributed by atoms with van der Waals surface area (Å²) in [6.45, 7) is 2.78. The van der Waals surface area contributed by atoms with Crippen molar-refractivity contribution in [3.05, 3.63) is 126 Å². The Labute approximate surface area is 315 Å². The summed E-state index contributed by atoms with van der Waals surface area (Å²) in [5, 5.41) is 22.8. The molecule has 24 heteroatoms. The van der Waals surface area contributed by atoms with Crippen molar-refractivity contribution in [3.63, 3.8) is 0 Å². The lowest BCUT2D eigenvalue weighted by Crippen LogP contribution is -2.24. The molecule has 0 fully saturated rings. The predicted octanol–water partition coefficient (Wildman–Crippen LogP) is 5.66. The number of nitrogens with two attached hydrogens (primary N) is 4. The third-order valence-electron chi connectivity index (χ3n) is 7.08. The molecule has 0 aliphatic rings. The lowest BCUT2D eigenvalue weighted by atomic mass is 10.1. The van der Waals surface area contributed by atoms with Crippen LogP contribution in [0, 0.1) is 34.1 Å². The van der Waals surface area contributed by atoms with Crippen molar-refractivity contribution in [1.82, 2.24) is 0 Å². The molecule has 0 saturated carbocycles. The number of nitrogens with zero attached hydrogens (tertiary/aromatic N) is 4. The van der Waals surface area contributed by atoms with Gasteiger partial charge in [0.05, 0.1) is 41.9 Å². The van der Waals surface area contributed by atoms with E-state index in [4.69, 9.17) is 22.9 Å². The van der Waals surface area contributed by atoms with Crippen LogP contribution in [0.1, 0.15) is 43.0 Å². The van der Waals surface area contributed by atoms with Crippen LogP contribution in [0.2, 0.25) is 0 Å². The molecule has 4 rings (SSSR count). The van der Waals surface area contributed by atoms with E-state index in [1.807, 2.05) is 0 Å². The Bertz CT molecular complexity index is 2410. The molecule has 4 aromatic carbocycles. The molecular weight excluding hydrogens is 803 g/mol. The smallest absolute Gasteiger partial charge is 0.370 e. The van der Waals surface area contributed by atoms with Crippen molar-refractivity contribution in [1.29, 1.82) is 0 Å². The quantitative estimate of drug-likeness (QED) is 0.0549. The summed E-state index contributed by atoms with van der Waals surface area (Å²) in [5.41, 5.74) is 16.8. The highest BCUT2D eigenvalue weighted by atomic mass is 32.2. The molecule has 296 valence electrons. The highest BCUT2D eigenvalue weighted by molar-refractivity contribution is 7.99. The second-order valence-corrected chi connectivity index (χ2v) is 14.2. The van der Waals surface area contributed by atoms with E-state index in [1.54, 1.807) is 0 Å². The van der Waals surface area contributed by atoms with Crippen molar-refractivity contribution in [2.45, 2.75) is 45.8 Å². The Morgan fingerprint density at radius 2 is 1.12 bits per heavy atom. The van der Waals surface area contributed by atoms with Crippen LogP contribution < -0.4 is 22.9 Å². The van der Waals surface area contributed by atoms with Crippen molar-refractivity contribution >= 4 is 56.7 Å². The second kappa shape index (κ2) is 16.8. The van der Waals surface area contributed by atoms with Crippen LogP contribution in [0.25, 0.3) is 0 Å². The highest BCUT2D eigenvalue weighted by Crippen LogP contribution is 2.40. The van der Waals surface area contributed by atoms with Gasteiger partial charge in [0.25, 0.3) is 23.2 Å². The Morgan fingerprint density at radius 1 is 0.679 bits per heavy atom. The van der Waals surface area contributed by atoms with Gasteiger partial charge in [-0.1, -0.05) is 23.9 Å². The molecular formula is C32H26F6N8O8S2. The number of halogens is 6. The zero-order valence-corrected chi connectivity index (χ0v) is 30.0. The average Bonchev–Trinajstić information content (AvgIpc) is 3.07. The van der Waals surface area contributed by atoms with Gasteiger partial charge in [-0.3, -0.25) is 29.8 Å². The fourth-order valence-electron chi connectivity index (χ4n) is 4.57. The van der Waals surface area contributed by atoms with Gasteiger partial charge in [-0.2, -0.15) is 36.3 Å². The molecule has 56 heavy (non-hydrogen) atoms. The number of amides is 2. The number of rotatable bonds is 8. The van der Waals surface area contributed by atoms with Crippen LogP contribution in [-0.4, -0.2) is 42.0 Å². The van der Waals surface area contributed by atoms with Crippen LogP contribution in [0.3, 0.4) is 0 Å². The topological polar surface area (TPSA) is 283 Å². The van der Waals surface area contributed by atoms with E-state index in [0.717, 1.165) is 48.2 Å². The van der Waals surface area contributed by atoms with Crippen LogP contribution in [0.4, 0.5) is 37.7 Å². The molecule has 0 unspecified atom stereocenters. The van der Waals surface area contributed by atoms with Gasteiger partial charge in [0.1, 0.15) is 4.90 Å². The van der Waals surface area contributed by atoms with Gasteiger partial charge in [-0.25, -0.2) is 8.42 Å². The number of hydrogen-bond acceptors (Lipinski definition) is 9. The van der Waals surface area contributed by atoms with Crippen molar-refractivity contribution in [2.75, 3.05) is 0 Å². The van der Waals surface area contributed by atoms with Crippen LogP contribution in [0.5, 0.6) is 0 Å². The van der Waals surface area contributed by atoms with E-state index < -0.39 is 88.1 Å². The van der Waals surface area contributed by atoms with Gasteiger partial charge in [0.15, 0.2) is 11.9 Å². The summed E-state index contributed by atoms with van der Waals surface area (Å²) in [6.07, 6.45) is -9.35. The number of alkyl halides is 6. The minimum absolute atomic E-state index is 0.0313. The first-order chi connectivity index (χ1) is 25.7. The maximum atomic E-state index is 12.9. The van der Waals surface area contributed by atoms with E-state index in [-0.39, 0.29) is 26.5 Å². The molecule has 0 atom stereocenters. The number of benzene rings is 4. The molecule has 2 amide bonds. The number of carbonyl (C=O) groups is 2. The molecule has 0 bridgehead atoms. The fourth-order valence-corrected chi connectivity index (χ4v) is 7.16. The number of hydrogen-bond donors (Lipinski definition) is 4. The van der Waals surface area contributed by atoms with E-state index >= 15 is 0 Å². The summed E-state index contributed by atoms with van der Waals surface area (Å²) in [4.78, 5) is 50.1. The van der Waals surface area contributed by atoms with Gasteiger partial charge in [0, 0.05) is 17.0 Å². The lowest BCUT2D eigenvalue weighted by molar-refractivity contribution is -0.388. The summed E-state index contributed by atoms with van der Waals surface area (Å²) in [5.74, 6) is -3.01. The van der Waals surface area contributed by atoms with Gasteiger partial charge in [-0.05, 0) is 73.5 Å². The zero-order chi connectivity index (χ0) is 42.5. The Kier molecular flexibility index (Phi) is 13.2. The summed E-state index contributed by atoms with van der Waals surface area (Å²) in [7, 11) is -4.72. The Morgan fingerprint density at radius 3 is 1.59 bits per heavy atom. The van der Waals surface area contributed by atoms with Crippen molar-refractivity contribution in [3.8, 4) is 0 Å². The standard InChI is InChI=1S/C16H13F3N4O5S.C16H13F3N4O3S/c1-8-5-13(12(23(25)26)7-11(8)14(24)22-15(20)21)29(27,28)10-4-2-3-9(6-10)16(17,18)19;1-8-5-13(27-10-4-2-3-9(6-10)16(17,18)19)12(23(25)26)7-11(8)14(24)22-15(20)21/h2-7H,1H3,(H4,20,21,22,24);2-7H,1H3,(H4,20,21,22,24). The molecule has 0 aliphatic heterocycles. The van der Waals surface area contributed by atoms with E-state index in [1.165, 1.54) is 32.0 Å². The zero-order valence-electron chi connectivity index (χ0n) is 28.4. The number of sulfone groups is 1. The molecule has 0 radical (unpaired) electrons. The number of carbonyl (C=O) groups excluding carboxylic acids is 2. The SMILES string of the molecule is Cc1cc(S(=O)(=O)c2cccc(C(F)(F)F)c2)c([N+](=O)[O-])cc1C(=O)N=C(N)N.Cc1cc(Sc2cccc(C(F)(F)F)c2)c([N+](=O)[O-])cc1C(=O)N=C(N)N. The second-order valence-electron chi connectivity index (χ2n) is 11.1. The van der Waals surface area contributed by atoms with E-state index in [0.29, 0.717) is 23.8 Å². The minimum Gasteiger partial charge on any atom is -0.370 e. The first-order valence-electron chi connectivity index (χ1n) is 14.9. The normalized spacial score (nSPS) is 11.4. The molecule has 8 N–H and O–H groups in total. The largest absolute Gasteiger partial charge is 0.416 e. The minimum atomic E-state index is -4.82. The summed E-state index contributed by atoms with van der Waals surface area (Å²) in [6, 6.07) is 11.0. The number of guanidine groups is 2. The Hall–Kier alpha value is -6.56. The van der Waals surface area contributed by atoms with Gasteiger partial charge < -0.3 is 22.9 Å². The monoisotopic (exact) mass is 828 g/mol. The molecule has 0 spiro atoms. The Balaban J connectivity index is 0.000000301. The fraction of sp³-hybridized carbons (Fsp3) is 0.125. The highest BCUT2D eigenvalue weighted by Gasteiger charge is 2.35. The average molecular weight is 829 g/mol. The lowest BCUT2D eigenvalue weighted by Gasteiger charge is -2.11. The third kappa shape index (κ3) is 10.8. The maximum absolute atomic E-state index is 12.9. The van der Waals surface area contributed by atoms with E-state index in [2.05, 4.69) is 9.98 Å². The maximum Gasteiger partial charge on any atom is 0.416 e. The third-order valence-corrected chi connectivity index (χ3v) is 9.89. The first kappa shape index (κ1) is 43.8. The molecule has 0 aliphatic carbocycles. The summed E-state index contributed by atoms with van der Waals surface area (Å²) < 4.78 is 103. The molecule has 0 aromatic heterocycles. The van der Waals surface area contributed by atoms with Crippen LogP contribution in [-0.2, 0) is 22.2 Å². The van der Waals surface area contributed by atoms with Gasteiger partial charge in [0.2, 0.25) is 9.84 Å². The molecule has 0 saturated heterocycles. The molecule has 16 nitrogen and oxygen atoms in total. The number of aliphatic imine (C=N–C) groups is 2. The van der Waals surface area contributed by atoms with Crippen molar-refractivity contribution in [2.24, 2.45) is 32.9 Å². The molecule has 0 heterocycles. The van der Waals surface area contributed by atoms with Crippen molar-refractivity contribution < 1.29 is 54.2 Å². The van der Waals surface area contributed by atoms with E-state index in [9.17, 15) is 64.6 Å². The van der Waals surface area contributed by atoms with Crippen LogP contribution in [0.15, 0.2) is 102 Å². The number of nitro benzene ring substituents is 2. The van der Waals surface area contributed by atoms with Crippen LogP contribution >= 0.6 is 11.8 Å². The number of aryl methyl sites for hydroxylation is 2.